The fourth-order valence-corrected chi connectivity index (χ4v) is 1.92. The van der Waals surface area contributed by atoms with Gasteiger partial charge < -0.3 is 14.7 Å². The Morgan fingerprint density at radius 3 is 2.45 bits per heavy atom. The van der Waals surface area contributed by atoms with E-state index < -0.39 is 16.8 Å². The Morgan fingerprint density at radius 2 is 1.95 bits per heavy atom. The van der Waals surface area contributed by atoms with Crippen molar-refractivity contribution < 1.29 is 23.7 Å². The first-order valence-electron chi connectivity index (χ1n) is 5.92. The SMILES string of the molecule is COCCCO/N=C(/C(=O)O)c1ccc(S(C)=O)cc1. The highest BCUT2D eigenvalue weighted by atomic mass is 32.2. The van der Waals surface area contributed by atoms with Gasteiger partial charge in [0.25, 0.3) is 0 Å². The molecule has 0 aromatic heterocycles. The van der Waals surface area contributed by atoms with E-state index in [2.05, 4.69) is 5.16 Å². The number of hydrogen-bond acceptors (Lipinski definition) is 5. The smallest absolute Gasteiger partial charge is 0.358 e. The van der Waals surface area contributed by atoms with Crippen LogP contribution in [0.2, 0.25) is 0 Å². The summed E-state index contributed by atoms with van der Waals surface area (Å²) in [6.07, 6.45) is 2.18. The van der Waals surface area contributed by atoms with Crippen LogP contribution in [-0.2, 0) is 25.2 Å². The highest BCUT2D eigenvalue weighted by Crippen LogP contribution is 2.09. The summed E-state index contributed by atoms with van der Waals surface area (Å²) in [5.74, 6) is -1.18. The topological polar surface area (TPSA) is 85.2 Å². The second kappa shape index (κ2) is 8.44. The number of aliphatic carboxylic acids is 1. The molecule has 20 heavy (non-hydrogen) atoms. The van der Waals surface area contributed by atoms with E-state index in [9.17, 15) is 9.00 Å². The summed E-state index contributed by atoms with van der Waals surface area (Å²) in [5.41, 5.74) is 0.217. The van der Waals surface area contributed by atoms with Gasteiger partial charge in [-0.1, -0.05) is 17.3 Å². The Hall–Kier alpha value is -1.73. The molecule has 1 aromatic rings. The number of hydrogen-bond donors (Lipinski definition) is 1. The van der Waals surface area contributed by atoms with Gasteiger partial charge in [-0.3, -0.25) is 4.21 Å². The van der Waals surface area contributed by atoms with E-state index in [0.29, 0.717) is 23.5 Å². The van der Waals surface area contributed by atoms with Crippen molar-refractivity contribution in [1.29, 1.82) is 0 Å². The van der Waals surface area contributed by atoms with Gasteiger partial charge >= 0.3 is 5.97 Å². The fraction of sp³-hybridized carbons (Fsp3) is 0.385. The molecule has 1 aromatic carbocycles. The highest BCUT2D eigenvalue weighted by molar-refractivity contribution is 7.84. The Balaban J connectivity index is 2.77. The van der Waals surface area contributed by atoms with E-state index in [1.807, 2.05) is 0 Å². The normalized spacial score (nSPS) is 13.0. The molecule has 0 amide bonds. The van der Waals surface area contributed by atoms with Crippen molar-refractivity contribution in [3.63, 3.8) is 0 Å². The second-order valence-electron chi connectivity index (χ2n) is 3.90. The molecule has 0 aliphatic rings. The molecular weight excluding hydrogens is 282 g/mol. The summed E-state index contributed by atoms with van der Waals surface area (Å²) in [5, 5.41) is 12.7. The second-order valence-corrected chi connectivity index (χ2v) is 5.28. The number of rotatable bonds is 8. The van der Waals surface area contributed by atoms with Crippen LogP contribution in [0.5, 0.6) is 0 Å². The van der Waals surface area contributed by atoms with Crippen molar-refractivity contribution in [1.82, 2.24) is 0 Å². The molecule has 1 atom stereocenters. The Morgan fingerprint density at radius 1 is 1.30 bits per heavy atom. The number of oxime groups is 1. The number of methoxy groups -OCH3 is 1. The number of carbonyl (C=O) groups is 1. The van der Waals surface area contributed by atoms with E-state index in [1.54, 1.807) is 37.6 Å². The van der Waals surface area contributed by atoms with E-state index in [-0.39, 0.29) is 12.3 Å². The van der Waals surface area contributed by atoms with Crippen molar-refractivity contribution in [3.8, 4) is 0 Å². The lowest BCUT2D eigenvalue weighted by Gasteiger charge is -2.04. The molecule has 7 heteroatoms. The van der Waals surface area contributed by atoms with Crippen LogP contribution in [0.4, 0.5) is 0 Å². The molecule has 0 fully saturated rings. The average molecular weight is 299 g/mol. The maximum Gasteiger partial charge on any atom is 0.358 e. The lowest BCUT2D eigenvalue weighted by Crippen LogP contribution is -2.15. The number of carboxylic acid groups (broad SMARTS) is 1. The van der Waals surface area contributed by atoms with Gasteiger partial charge in [-0.05, 0) is 12.1 Å². The summed E-state index contributed by atoms with van der Waals surface area (Å²) in [7, 11) is 0.472. The summed E-state index contributed by atoms with van der Waals surface area (Å²) < 4.78 is 16.1. The monoisotopic (exact) mass is 299 g/mol. The summed E-state index contributed by atoms with van der Waals surface area (Å²) in [4.78, 5) is 16.7. The van der Waals surface area contributed by atoms with Gasteiger partial charge in [0.2, 0.25) is 0 Å². The molecule has 0 saturated carbocycles. The third-order valence-corrected chi connectivity index (χ3v) is 3.34. The number of carboxylic acids is 1. The molecule has 6 nitrogen and oxygen atoms in total. The molecule has 0 spiro atoms. The van der Waals surface area contributed by atoms with E-state index in [4.69, 9.17) is 14.7 Å². The minimum Gasteiger partial charge on any atom is -0.476 e. The molecule has 110 valence electrons. The number of nitrogens with zero attached hydrogens (tertiary/aromatic N) is 1. The first-order chi connectivity index (χ1) is 9.56. The maximum absolute atomic E-state index is 11.3. The minimum absolute atomic E-state index is 0.184. The molecule has 0 aliphatic heterocycles. The van der Waals surface area contributed by atoms with Crippen molar-refractivity contribution in [2.75, 3.05) is 26.6 Å². The van der Waals surface area contributed by atoms with Crippen LogP contribution < -0.4 is 0 Å². The van der Waals surface area contributed by atoms with E-state index >= 15 is 0 Å². The lowest BCUT2D eigenvalue weighted by molar-refractivity contribution is -0.129. The Bertz CT molecular complexity index is 498. The van der Waals surface area contributed by atoms with Crippen LogP contribution >= 0.6 is 0 Å². The molecule has 0 bridgehead atoms. The van der Waals surface area contributed by atoms with Crippen LogP contribution in [0.25, 0.3) is 0 Å². The van der Waals surface area contributed by atoms with Crippen LogP contribution in [0.1, 0.15) is 12.0 Å². The molecule has 0 saturated heterocycles. The average Bonchev–Trinajstić information content (AvgIpc) is 2.42. The molecule has 1 unspecified atom stereocenters. The lowest BCUT2D eigenvalue weighted by atomic mass is 10.1. The molecule has 1 N–H and O–H groups in total. The van der Waals surface area contributed by atoms with E-state index in [1.165, 1.54) is 0 Å². The zero-order valence-corrected chi connectivity index (χ0v) is 12.2. The quantitative estimate of drug-likeness (QED) is 0.444. The summed E-state index contributed by atoms with van der Waals surface area (Å²) >= 11 is 0. The number of benzene rings is 1. The molecular formula is C13H17NO5S. The first kappa shape index (κ1) is 16.3. The van der Waals surface area contributed by atoms with Gasteiger partial charge in [-0.25, -0.2) is 4.79 Å². The van der Waals surface area contributed by atoms with Crippen LogP contribution in [0, 0.1) is 0 Å². The van der Waals surface area contributed by atoms with Crippen LogP contribution in [0.3, 0.4) is 0 Å². The maximum atomic E-state index is 11.3. The van der Waals surface area contributed by atoms with Gasteiger partial charge in [0, 0.05) is 47.7 Å². The van der Waals surface area contributed by atoms with Crippen molar-refractivity contribution in [2.24, 2.45) is 5.16 Å². The van der Waals surface area contributed by atoms with Crippen molar-refractivity contribution in [3.05, 3.63) is 29.8 Å². The molecule has 1 rings (SSSR count). The van der Waals surface area contributed by atoms with Crippen molar-refractivity contribution >= 4 is 22.5 Å². The van der Waals surface area contributed by atoms with Crippen LogP contribution in [-0.4, -0.2) is 47.6 Å². The largest absolute Gasteiger partial charge is 0.476 e. The molecule has 0 radical (unpaired) electrons. The summed E-state index contributed by atoms with van der Waals surface area (Å²) in [6.45, 7) is 0.802. The predicted molar refractivity (Wildman–Crippen MR) is 75.4 cm³/mol. The van der Waals surface area contributed by atoms with Gasteiger partial charge in [-0.2, -0.15) is 0 Å². The van der Waals surface area contributed by atoms with Gasteiger partial charge in [0.15, 0.2) is 5.71 Å². The third kappa shape index (κ3) is 5.10. The fourth-order valence-electron chi connectivity index (χ4n) is 1.40. The standard InChI is InChI=1S/C13H17NO5S/c1-18-8-3-9-19-14-12(13(15)16)10-4-6-11(7-5-10)20(2)17/h4-7H,3,8-9H2,1-2H3,(H,15,16)/b14-12+. The zero-order valence-electron chi connectivity index (χ0n) is 11.4. The molecule has 0 heterocycles. The number of ether oxygens (including phenoxy) is 1. The Kier molecular flexibility index (Phi) is 6.89. The minimum atomic E-state index is -1.18. The summed E-state index contributed by atoms with van der Waals surface area (Å²) in [6, 6.07) is 6.33. The van der Waals surface area contributed by atoms with Gasteiger partial charge in [0.1, 0.15) is 6.61 Å². The van der Waals surface area contributed by atoms with E-state index in [0.717, 1.165) is 0 Å². The predicted octanol–water partition coefficient (Wildman–Crippen LogP) is 1.27. The van der Waals surface area contributed by atoms with Gasteiger partial charge in [0.05, 0.1) is 0 Å². The highest BCUT2D eigenvalue weighted by Gasteiger charge is 2.13. The zero-order chi connectivity index (χ0) is 15.0. The van der Waals surface area contributed by atoms with Gasteiger partial charge in [-0.15, -0.1) is 0 Å². The van der Waals surface area contributed by atoms with Crippen molar-refractivity contribution in [2.45, 2.75) is 11.3 Å². The third-order valence-electron chi connectivity index (χ3n) is 2.40. The van der Waals surface area contributed by atoms with Crippen LogP contribution in [0.15, 0.2) is 34.3 Å². The molecule has 0 aliphatic carbocycles. The Labute approximate surface area is 119 Å². The first-order valence-corrected chi connectivity index (χ1v) is 7.48.